The third-order valence-corrected chi connectivity index (χ3v) is 3.98. The molecule has 0 radical (unpaired) electrons. The van der Waals surface area contributed by atoms with Crippen LogP contribution in [0.5, 0.6) is 5.75 Å². The Balaban J connectivity index is 1.44. The van der Waals surface area contributed by atoms with Crippen LogP contribution >= 0.6 is 0 Å². The third-order valence-electron chi connectivity index (χ3n) is 3.98. The molecule has 0 spiro atoms. The third kappa shape index (κ3) is 5.44. The number of aromatic nitrogens is 3. The van der Waals surface area contributed by atoms with Gasteiger partial charge in [0.1, 0.15) is 5.75 Å². The first-order valence-corrected chi connectivity index (χ1v) is 8.68. The fourth-order valence-electron chi connectivity index (χ4n) is 2.55. The van der Waals surface area contributed by atoms with Gasteiger partial charge in [-0.1, -0.05) is 42.5 Å². The van der Waals surface area contributed by atoms with Crippen molar-refractivity contribution in [3.63, 3.8) is 0 Å². The van der Waals surface area contributed by atoms with Crippen LogP contribution in [0, 0.1) is 0 Å². The van der Waals surface area contributed by atoms with Crippen LogP contribution in [0.1, 0.15) is 11.1 Å². The summed E-state index contributed by atoms with van der Waals surface area (Å²) in [6.07, 6.45) is 3.44. The quantitative estimate of drug-likeness (QED) is 0.618. The van der Waals surface area contributed by atoms with Crippen molar-refractivity contribution in [3.8, 4) is 5.75 Å². The molecule has 3 aromatic rings. The lowest BCUT2D eigenvalue weighted by Crippen LogP contribution is -2.12. The topological polar surface area (TPSA) is 72.0 Å². The van der Waals surface area contributed by atoms with E-state index >= 15 is 0 Å². The molecule has 1 heterocycles. The lowest BCUT2D eigenvalue weighted by Gasteiger charge is -2.08. The average Bonchev–Trinajstić information content (AvgIpc) is 2.70. The summed E-state index contributed by atoms with van der Waals surface area (Å²) in [4.78, 5) is 4.45. The zero-order valence-electron chi connectivity index (χ0n) is 14.9. The van der Waals surface area contributed by atoms with Crippen LogP contribution in [0.15, 0.2) is 60.8 Å². The molecular weight excluding hydrogens is 326 g/mol. The fraction of sp³-hybridized carbons (Fsp3) is 0.250. The first-order valence-electron chi connectivity index (χ1n) is 8.68. The minimum atomic E-state index is 0.537. The van der Waals surface area contributed by atoms with E-state index in [0.717, 1.165) is 37.5 Å². The standard InChI is InChI=1S/C20H23N5O/c1-26-18-9-7-17(8-10-18)11-13-21-19-15-23-25-20(24-19)22-14-12-16-5-3-2-4-6-16/h2-10,15H,11-14H2,1H3,(H2,21,22,24,25). The molecule has 0 aliphatic rings. The Hall–Kier alpha value is -3.15. The highest BCUT2D eigenvalue weighted by atomic mass is 16.5. The predicted octanol–water partition coefficient (Wildman–Crippen LogP) is 3.19. The summed E-state index contributed by atoms with van der Waals surface area (Å²) in [6.45, 7) is 1.54. The second-order valence-electron chi connectivity index (χ2n) is 5.85. The molecule has 0 fully saturated rings. The second-order valence-corrected chi connectivity index (χ2v) is 5.85. The van der Waals surface area contributed by atoms with E-state index in [9.17, 15) is 0 Å². The molecule has 0 unspecified atom stereocenters. The van der Waals surface area contributed by atoms with Gasteiger partial charge in [-0.25, -0.2) is 0 Å². The van der Waals surface area contributed by atoms with Crippen molar-refractivity contribution in [2.75, 3.05) is 30.8 Å². The predicted molar refractivity (Wildman–Crippen MR) is 104 cm³/mol. The van der Waals surface area contributed by atoms with Crippen molar-refractivity contribution in [2.45, 2.75) is 12.8 Å². The molecule has 0 saturated carbocycles. The minimum Gasteiger partial charge on any atom is -0.497 e. The first-order chi connectivity index (χ1) is 12.8. The van der Waals surface area contributed by atoms with Crippen molar-refractivity contribution in [1.82, 2.24) is 15.2 Å². The smallest absolute Gasteiger partial charge is 0.244 e. The summed E-state index contributed by atoms with van der Waals surface area (Å²) in [5.74, 6) is 2.12. The van der Waals surface area contributed by atoms with Gasteiger partial charge in [0.05, 0.1) is 13.3 Å². The lowest BCUT2D eigenvalue weighted by molar-refractivity contribution is 0.414. The molecule has 2 aromatic carbocycles. The van der Waals surface area contributed by atoms with Gasteiger partial charge in [0.2, 0.25) is 5.95 Å². The number of hydrogen-bond donors (Lipinski definition) is 2. The number of anilines is 2. The number of rotatable bonds is 9. The van der Waals surface area contributed by atoms with Crippen molar-refractivity contribution in [1.29, 1.82) is 0 Å². The molecule has 0 atom stereocenters. The molecule has 0 saturated heterocycles. The van der Waals surface area contributed by atoms with Crippen LogP contribution in [-0.4, -0.2) is 35.4 Å². The lowest BCUT2D eigenvalue weighted by atomic mass is 10.1. The van der Waals surface area contributed by atoms with Crippen molar-refractivity contribution >= 4 is 11.8 Å². The van der Waals surface area contributed by atoms with Gasteiger partial charge in [-0.3, -0.25) is 0 Å². The molecule has 0 aliphatic heterocycles. The van der Waals surface area contributed by atoms with E-state index in [-0.39, 0.29) is 0 Å². The molecule has 6 heteroatoms. The van der Waals surface area contributed by atoms with Gasteiger partial charge in [0, 0.05) is 13.1 Å². The number of methoxy groups -OCH3 is 1. The van der Waals surface area contributed by atoms with Crippen LogP contribution in [0.25, 0.3) is 0 Å². The summed E-state index contributed by atoms with van der Waals surface area (Å²) in [6, 6.07) is 18.4. The number of hydrogen-bond acceptors (Lipinski definition) is 6. The summed E-state index contributed by atoms with van der Waals surface area (Å²) in [7, 11) is 1.67. The molecular formula is C20H23N5O. The van der Waals surface area contributed by atoms with Gasteiger partial charge < -0.3 is 15.4 Å². The number of nitrogens with one attached hydrogen (secondary N) is 2. The van der Waals surface area contributed by atoms with E-state index in [2.05, 4.69) is 50.1 Å². The molecule has 1 aromatic heterocycles. The molecule has 3 rings (SSSR count). The largest absolute Gasteiger partial charge is 0.497 e. The first kappa shape index (κ1) is 17.7. The van der Waals surface area contributed by atoms with Gasteiger partial charge in [0.25, 0.3) is 0 Å². The van der Waals surface area contributed by atoms with E-state index in [1.165, 1.54) is 11.1 Å². The zero-order chi connectivity index (χ0) is 18.0. The Labute approximate surface area is 153 Å². The van der Waals surface area contributed by atoms with Crippen LogP contribution < -0.4 is 15.4 Å². The van der Waals surface area contributed by atoms with Crippen molar-refractivity contribution in [3.05, 3.63) is 71.9 Å². The van der Waals surface area contributed by atoms with E-state index < -0.39 is 0 Å². The summed E-state index contributed by atoms with van der Waals surface area (Å²) < 4.78 is 5.17. The highest BCUT2D eigenvalue weighted by Gasteiger charge is 2.01. The average molecular weight is 349 g/mol. The Morgan fingerprint density at radius 2 is 1.54 bits per heavy atom. The maximum Gasteiger partial charge on any atom is 0.244 e. The molecule has 0 bridgehead atoms. The van der Waals surface area contributed by atoms with Gasteiger partial charge in [-0.15, -0.1) is 5.10 Å². The molecule has 26 heavy (non-hydrogen) atoms. The second kappa shape index (κ2) is 9.36. The Morgan fingerprint density at radius 1 is 0.846 bits per heavy atom. The highest BCUT2D eigenvalue weighted by Crippen LogP contribution is 2.12. The molecule has 0 aliphatic carbocycles. The maximum atomic E-state index is 5.17. The summed E-state index contributed by atoms with van der Waals surface area (Å²) in [5, 5.41) is 14.5. The SMILES string of the molecule is COc1ccc(CCNc2cnnc(NCCc3ccccc3)n2)cc1. The van der Waals surface area contributed by atoms with E-state index in [0.29, 0.717) is 5.95 Å². The fourth-order valence-corrected chi connectivity index (χ4v) is 2.55. The van der Waals surface area contributed by atoms with Crippen molar-refractivity contribution in [2.24, 2.45) is 0 Å². The Morgan fingerprint density at radius 3 is 2.27 bits per heavy atom. The van der Waals surface area contributed by atoms with Gasteiger partial charge in [-0.2, -0.15) is 10.1 Å². The van der Waals surface area contributed by atoms with Gasteiger partial charge >= 0.3 is 0 Å². The summed E-state index contributed by atoms with van der Waals surface area (Å²) in [5.41, 5.74) is 2.52. The highest BCUT2D eigenvalue weighted by molar-refractivity contribution is 5.37. The zero-order valence-corrected chi connectivity index (χ0v) is 14.9. The van der Waals surface area contributed by atoms with Crippen LogP contribution in [0.2, 0.25) is 0 Å². The number of ether oxygens (including phenoxy) is 1. The van der Waals surface area contributed by atoms with E-state index in [4.69, 9.17) is 4.74 Å². The molecule has 134 valence electrons. The van der Waals surface area contributed by atoms with E-state index in [1.807, 2.05) is 30.3 Å². The van der Waals surface area contributed by atoms with E-state index in [1.54, 1.807) is 13.3 Å². The van der Waals surface area contributed by atoms with Crippen LogP contribution in [-0.2, 0) is 12.8 Å². The summed E-state index contributed by atoms with van der Waals surface area (Å²) >= 11 is 0. The number of nitrogens with zero attached hydrogens (tertiary/aromatic N) is 3. The maximum absolute atomic E-state index is 5.17. The van der Waals surface area contributed by atoms with Crippen molar-refractivity contribution < 1.29 is 4.74 Å². The van der Waals surface area contributed by atoms with Crippen LogP contribution in [0.3, 0.4) is 0 Å². The monoisotopic (exact) mass is 349 g/mol. The Kier molecular flexibility index (Phi) is 6.36. The minimum absolute atomic E-state index is 0.537. The number of benzene rings is 2. The van der Waals surface area contributed by atoms with Gasteiger partial charge in [-0.05, 0) is 36.1 Å². The molecule has 6 nitrogen and oxygen atoms in total. The molecule has 0 amide bonds. The van der Waals surface area contributed by atoms with Gasteiger partial charge in [0.15, 0.2) is 5.82 Å². The molecule has 2 N–H and O–H groups in total. The Bertz CT molecular complexity index is 793. The van der Waals surface area contributed by atoms with Crippen LogP contribution in [0.4, 0.5) is 11.8 Å². The normalized spacial score (nSPS) is 10.3.